The van der Waals surface area contributed by atoms with Gasteiger partial charge in [-0.15, -0.1) is 0 Å². The molecule has 6 heteroatoms. The number of benzene rings is 3. The van der Waals surface area contributed by atoms with Crippen LogP contribution < -0.4 is 14.8 Å². The molecule has 0 saturated carbocycles. The second kappa shape index (κ2) is 8.81. The van der Waals surface area contributed by atoms with Crippen molar-refractivity contribution >= 4 is 12.2 Å². The minimum atomic E-state index is -0.341. The van der Waals surface area contributed by atoms with E-state index >= 15 is 0 Å². The maximum Gasteiger partial charge on any atom is 0.255 e. The summed E-state index contributed by atoms with van der Waals surface area (Å²) in [4.78, 5) is 23.5. The number of ether oxygens (including phenoxy) is 2. The molecule has 0 radical (unpaired) electrons. The third kappa shape index (κ3) is 4.54. The lowest BCUT2D eigenvalue weighted by molar-refractivity contribution is 0.0948. The van der Waals surface area contributed by atoms with Crippen LogP contribution in [0.5, 0.6) is 17.2 Å². The van der Waals surface area contributed by atoms with Crippen LogP contribution in [0.2, 0.25) is 0 Å². The number of carbonyl (C=O) groups excluding carboxylic acids is 2. The van der Waals surface area contributed by atoms with Gasteiger partial charge in [-0.3, -0.25) is 9.59 Å². The molecule has 0 aliphatic heterocycles. The molecule has 1 N–H and O–H groups in total. The number of para-hydroxylation sites is 1. The zero-order valence-corrected chi connectivity index (χ0v) is 15.1. The summed E-state index contributed by atoms with van der Waals surface area (Å²) in [6, 6.07) is 17.7. The van der Waals surface area contributed by atoms with Gasteiger partial charge in [0.25, 0.3) is 5.91 Å². The minimum absolute atomic E-state index is 0.248. The van der Waals surface area contributed by atoms with E-state index in [1.165, 1.54) is 19.2 Å². The van der Waals surface area contributed by atoms with Crippen molar-refractivity contribution < 1.29 is 23.5 Å². The van der Waals surface area contributed by atoms with Crippen LogP contribution in [0, 0.1) is 5.82 Å². The molecule has 0 atom stereocenters. The molecule has 0 aromatic heterocycles. The first-order chi connectivity index (χ1) is 13.6. The highest BCUT2D eigenvalue weighted by molar-refractivity contribution is 5.99. The first-order valence-corrected chi connectivity index (χ1v) is 8.53. The number of rotatable bonds is 7. The summed E-state index contributed by atoms with van der Waals surface area (Å²) in [6.45, 7) is 0.296. The third-order valence-corrected chi connectivity index (χ3v) is 4.05. The minimum Gasteiger partial charge on any atom is -0.495 e. The molecule has 1 amide bonds. The Labute approximate surface area is 161 Å². The fourth-order valence-corrected chi connectivity index (χ4v) is 2.65. The van der Waals surface area contributed by atoms with Crippen LogP contribution in [0.3, 0.4) is 0 Å². The molecule has 0 unspecified atom stereocenters. The Morgan fingerprint density at radius 2 is 1.64 bits per heavy atom. The Hall–Kier alpha value is -3.67. The molecule has 28 heavy (non-hydrogen) atoms. The molecule has 5 nitrogen and oxygen atoms in total. The van der Waals surface area contributed by atoms with E-state index in [1.54, 1.807) is 42.5 Å². The van der Waals surface area contributed by atoms with E-state index in [1.807, 2.05) is 12.1 Å². The van der Waals surface area contributed by atoms with Crippen molar-refractivity contribution in [3.8, 4) is 17.2 Å². The SMILES string of the molecule is COc1c(C=O)cccc1C(=O)NCc1ccc(Oc2ccc(F)cc2)cc1. The Kier molecular flexibility index (Phi) is 6.01. The lowest BCUT2D eigenvalue weighted by Crippen LogP contribution is -2.23. The first-order valence-electron chi connectivity index (χ1n) is 8.53. The lowest BCUT2D eigenvalue weighted by atomic mass is 10.1. The maximum absolute atomic E-state index is 12.9. The molecule has 142 valence electrons. The predicted octanol–water partition coefficient (Wildman–Crippen LogP) is 4.37. The Morgan fingerprint density at radius 1 is 1.00 bits per heavy atom. The summed E-state index contributed by atoms with van der Waals surface area (Å²) in [6.07, 6.45) is 0.648. The van der Waals surface area contributed by atoms with E-state index < -0.39 is 0 Å². The zero-order chi connectivity index (χ0) is 19.9. The van der Waals surface area contributed by atoms with E-state index in [9.17, 15) is 14.0 Å². The van der Waals surface area contributed by atoms with Crippen LogP contribution in [0.4, 0.5) is 4.39 Å². The molecule has 3 aromatic rings. The Morgan fingerprint density at radius 3 is 2.25 bits per heavy atom. The number of carbonyl (C=O) groups is 2. The van der Waals surface area contributed by atoms with Crippen molar-refractivity contribution in [2.45, 2.75) is 6.54 Å². The molecule has 0 heterocycles. The van der Waals surface area contributed by atoms with Gasteiger partial charge in [0.1, 0.15) is 23.1 Å². The van der Waals surface area contributed by atoms with E-state index in [0.717, 1.165) is 5.56 Å². The van der Waals surface area contributed by atoms with Gasteiger partial charge < -0.3 is 14.8 Å². The topological polar surface area (TPSA) is 64.6 Å². The predicted molar refractivity (Wildman–Crippen MR) is 102 cm³/mol. The average molecular weight is 379 g/mol. The lowest BCUT2D eigenvalue weighted by Gasteiger charge is -2.11. The fourth-order valence-electron chi connectivity index (χ4n) is 2.65. The monoisotopic (exact) mass is 379 g/mol. The number of hydrogen-bond donors (Lipinski definition) is 1. The second-order valence-electron chi connectivity index (χ2n) is 5.93. The van der Waals surface area contributed by atoms with Crippen molar-refractivity contribution in [3.05, 3.63) is 89.2 Å². The highest BCUT2D eigenvalue weighted by atomic mass is 19.1. The molecule has 0 aliphatic carbocycles. The summed E-state index contributed by atoms with van der Waals surface area (Å²) in [7, 11) is 1.42. The fraction of sp³-hybridized carbons (Fsp3) is 0.0909. The normalized spacial score (nSPS) is 10.2. The summed E-state index contributed by atoms with van der Waals surface area (Å²) in [5.74, 6) is 0.714. The van der Waals surface area contributed by atoms with Crippen LogP contribution >= 0.6 is 0 Å². The Bertz CT molecular complexity index is 969. The highest BCUT2D eigenvalue weighted by Gasteiger charge is 2.15. The molecule has 3 rings (SSSR count). The molecular formula is C22H18FNO4. The molecule has 0 fully saturated rings. The number of nitrogens with one attached hydrogen (secondary N) is 1. The number of methoxy groups -OCH3 is 1. The highest BCUT2D eigenvalue weighted by Crippen LogP contribution is 2.23. The first kappa shape index (κ1) is 19.1. The van der Waals surface area contributed by atoms with Gasteiger partial charge in [0.15, 0.2) is 6.29 Å². The smallest absolute Gasteiger partial charge is 0.255 e. The van der Waals surface area contributed by atoms with Gasteiger partial charge in [0, 0.05) is 6.54 Å². The average Bonchev–Trinajstić information content (AvgIpc) is 2.74. The zero-order valence-electron chi connectivity index (χ0n) is 15.1. The molecule has 0 bridgehead atoms. The molecule has 0 aliphatic rings. The standard InChI is InChI=1S/C22H18FNO4/c1-27-21-16(14-25)3-2-4-20(21)22(26)24-13-15-5-9-18(10-6-15)28-19-11-7-17(23)8-12-19/h2-12,14H,13H2,1H3,(H,24,26). The molecular weight excluding hydrogens is 361 g/mol. The summed E-state index contributed by atoms with van der Waals surface area (Å²) in [5, 5.41) is 2.80. The van der Waals surface area contributed by atoms with Crippen LogP contribution in [-0.4, -0.2) is 19.3 Å². The van der Waals surface area contributed by atoms with Crippen LogP contribution in [0.25, 0.3) is 0 Å². The second-order valence-corrected chi connectivity index (χ2v) is 5.93. The van der Waals surface area contributed by atoms with Gasteiger partial charge in [0.2, 0.25) is 0 Å². The number of halogens is 1. The van der Waals surface area contributed by atoms with Gasteiger partial charge in [-0.2, -0.15) is 0 Å². The van der Waals surface area contributed by atoms with Gasteiger partial charge >= 0.3 is 0 Å². The maximum atomic E-state index is 12.9. The number of aldehydes is 1. The number of amides is 1. The largest absolute Gasteiger partial charge is 0.495 e. The number of hydrogen-bond acceptors (Lipinski definition) is 4. The molecule has 0 saturated heterocycles. The Balaban J connectivity index is 1.63. The van der Waals surface area contributed by atoms with E-state index in [-0.39, 0.29) is 17.5 Å². The van der Waals surface area contributed by atoms with Crippen molar-refractivity contribution in [1.29, 1.82) is 0 Å². The third-order valence-electron chi connectivity index (χ3n) is 4.05. The summed E-state index contributed by atoms with van der Waals surface area (Å²) in [5.41, 5.74) is 1.48. The van der Waals surface area contributed by atoms with Gasteiger partial charge in [-0.05, 0) is 54.1 Å². The molecule has 0 spiro atoms. The molecule has 3 aromatic carbocycles. The quantitative estimate of drug-likeness (QED) is 0.619. The van der Waals surface area contributed by atoms with Crippen LogP contribution in [0.1, 0.15) is 26.3 Å². The van der Waals surface area contributed by atoms with Crippen molar-refractivity contribution in [2.75, 3.05) is 7.11 Å². The summed E-state index contributed by atoms with van der Waals surface area (Å²) >= 11 is 0. The van der Waals surface area contributed by atoms with E-state index in [4.69, 9.17) is 9.47 Å². The van der Waals surface area contributed by atoms with Gasteiger partial charge in [0.05, 0.1) is 18.2 Å². The van der Waals surface area contributed by atoms with E-state index in [0.29, 0.717) is 35.5 Å². The van der Waals surface area contributed by atoms with Crippen molar-refractivity contribution in [1.82, 2.24) is 5.32 Å². The van der Waals surface area contributed by atoms with E-state index in [2.05, 4.69) is 5.32 Å². The van der Waals surface area contributed by atoms with Gasteiger partial charge in [-0.1, -0.05) is 18.2 Å². The van der Waals surface area contributed by atoms with Crippen LogP contribution in [-0.2, 0) is 6.54 Å². The summed E-state index contributed by atoms with van der Waals surface area (Å²) < 4.78 is 23.7. The van der Waals surface area contributed by atoms with Crippen LogP contribution in [0.15, 0.2) is 66.7 Å². The van der Waals surface area contributed by atoms with Crippen molar-refractivity contribution in [3.63, 3.8) is 0 Å². The van der Waals surface area contributed by atoms with Gasteiger partial charge in [-0.25, -0.2) is 4.39 Å². The van der Waals surface area contributed by atoms with Crippen molar-refractivity contribution in [2.24, 2.45) is 0 Å².